The van der Waals surface area contributed by atoms with Crippen molar-refractivity contribution in [2.45, 2.75) is 38.5 Å². The van der Waals surface area contributed by atoms with Gasteiger partial charge in [-0.1, -0.05) is 0 Å². The van der Waals surface area contributed by atoms with Gasteiger partial charge in [0.25, 0.3) is 0 Å². The van der Waals surface area contributed by atoms with Gasteiger partial charge in [-0.3, -0.25) is 0 Å². The summed E-state index contributed by atoms with van der Waals surface area (Å²) in [6.45, 7) is 0.759. The first-order valence-corrected chi connectivity index (χ1v) is 14.3. The molecule has 0 aliphatic carbocycles. The van der Waals surface area contributed by atoms with Gasteiger partial charge in [-0.2, -0.15) is 0 Å². The molecular weight excluding hydrogens is 364 g/mol. The molecule has 1 unspecified atom stereocenters. The van der Waals surface area contributed by atoms with Gasteiger partial charge >= 0.3 is 174 Å². The summed E-state index contributed by atoms with van der Waals surface area (Å²) in [7, 11) is 16.4. The maximum atomic E-state index is 9.30. The van der Waals surface area contributed by atoms with Crippen molar-refractivity contribution in [2.75, 3.05) is 18.6 Å². The first-order chi connectivity index (χ1) is 14.2. The monoisotopic (exact) mass is 400 g/mol. The number of rotatable bonds is 15. The van der Waals surface area contributed by atoms with Crippen LogP contribution in [0.1, 0.15) is 38.5 Å². The molecule has 2 nitrogen and oxygen atoms in total. The zero-order chi connectivity index (χ0) is 22.6. The Morgan fingerprint density at radius 3 is 2.03 bits per heavy atom. The second kappa shape index (κ2) is 14.9. The number of unbranched alkanes of at least 4 members (excludes halogenated alkanes) is 5. The Balaban J connectivity index is 2.36. The fourth-order valence-corrected chi connectivity index (χ4v) is 9.96. The van der Waals surface area contributed by atoms with Crippen molar-refractivity contribution in [3.63, 3.8) is 0 Å². The third kappa shape index (κ3) is 10.5. The summed E-state index contributed by atoms with van der Waals surface area (Å²) < 4.78 is 5.74. The molecule has 150 valence electrons. The summed E-state index contributed by atoms with van der Waals surface area (Å²) in [5.74, 6) is 3.31. The molecule has 0 saturated carbocycles. The van der Waals surface area contributed by atoms with E-state index >= 15 is 0 Å². The third-order valence-electron chi connectivity index (χ3n) is 6.02. The molecule has 0 saturated heterocycles. The van der Waals surface area contributed by atoms with Gasteiger partial charge in [-0.15, -0.1) is 0 Å². The van der Waals surface area contributed by atoms with Crippen molar-refractivity contribution in [1.29, 1.82) is 0 Å². The number of aromatic hydroxyl groups is 1. The quantitative estimate of drug-likeness (QED) is 0.185. The van der Waals surface area contributed by atoms with E-state index in [-0.39, 0.29) is 5.75 Å². The molecule has 0 fully saturated rings. The molecule has 15 heteroatoms. The van der Waals surface area contributed by atoms with E-state index in [1.54, 1.807) is 12.1 Å². The van der Waals surface area contributed by atoms with Crippen molar-refractivity contribution in [2.24, 2.45) is 0 Å². The summed E-state index contributed by atoms with van der Waals surface area (Å²) in [6.07, 6.45) is 12.3. The van der Waals surface area contributed by atoms with E-state index < -0.39 is 9.31 Å². The molecule has 1 aromatic rings. The Morgan fingerprint density at radius 1 is 0.967 bits per heavy atom. The van der Waals surface area contributed by atoms with E-state index in [1.807, 2.05) is 12.1 Å². The van der Waals surface area contributed by atoms with Gasteiger partial charge < -0.3 is 5.11 Å². The minimum atomic E-state index is -0.728. The maximum absolute atomic E-state index is 9.30. The summed E-state index contributed by atoms with van der Waals surface area (Å²) in [4.78, 5) is 0. The van der Waals surface area contributed by atoms with Crippen LogP contribution in [-0.2, 0) is 9.31 Å². The van der Waals surface area contributed by atoms with E-state index in [0.29, 0.717) is 6.39 Å². The molecule has 0 aromatic heterocycles. The van der Waals surface area contributed by atoms with Gasteiger partial charge in [0.1, 0.15) is 5.75 Å². The molecule has 0 aliphatic rings. The van der Waals surface area contributed by atoms with E-state index in [9.17, 15) is 5.11 Å². The SMILES string of the molecule is [10BH-][10BH][10B]([10BH2])[10B]=[S+](C)(CCCCCCCCOc1ccc(O)cc1)[10B]([10B]([10BH2])[10BH2])[10B]([10BH2])[10BH2]. The average Bonchev–Trinajstić information content (AvgIpc) is 2.67. The molecule has 0 bridgehead atoms. The number of hydrogen-bond donors (Lipinski definition) is 1. The number of ether oxygens (including phenoxy) is 1. The first kappa shape index (κ1) is 28.0. The van der Waals surface area contributed by atoms with Gasteiger partial charge in [0.2, 0.25) is 0 Å². The number of benzene rings is 1. The average molecular weight is 401 g/mol. The number of hydrogen-bond acceptors (Lipinski definition) is 2. The Labute approximate surface area is 196 Å². The Bertz CT molecular complexity index is 637. The van der Waals surface area contributed by atoms with Crippen LogP contribution in [0.5, 0.6) is 11.5 Å². The van der Waals surface area contributed by atoms with Crippen LogP contribution < -0.4 is 4.74 Å². The Hall–Kier alpha value is -0.0508. The predicted molar refractivity (Wildman–Crippen MR) is 165 cm³/mol. The summed E-state index contributed by atoms with van der Waals surface area (Å²) >= 11 is 0. The van der Waals surface area contributed by atoms with Crippen LogP contribution in [0.15, 0.2) is 24.3 Å². The topological polar surface area (TPSA) is 29.5 Å². The van der Waals surface area contributed by atoms with Gasteiger partial charge in [0, 0.05) is 0 Å². The van der Waals surface area contributed by atoms with E-state index in [4.69, 9.17) is 4.74 Å². The summed E-state index contributed by atoms with van der Waals surface area (Å²) in [5.41, 5.74) is 0. The van der Waals surface area contributed by atoms with Crippen molar-refractivity contribution in [3.8, 4) is 11.5 Å². The Morgan fingerprint density at radius 2 is 1.50 bits per heavy atom. The number of phenolic OH excluding ortho intramolecular Hbond substituents is 1. The second-order valence-corrected chi connectivity index (χ2v) is 13.4. The van der Waals surface area contributed by atoms with E-state index in [1.165, 1.54) is 37.9 Å². The van der Waals surface area contributed by atoms with Crippen molar-refractivity contribution in [1.82, 2.24) is 0 Å². The molecule has 1 aromatic carbocycles. The van der Waals surface area contributed by atoms with Crippen LogP contribution in [0.25, 0.3) is 0 Å². The van der Waals surface area contributed by atoms with Crippen molar-refractivity contribution < 1.29 is 9.84 Å². The fourth-order valence-electron chi connectivity index (χ4n) is 4.86. The zero-order valence-corrected chi connectivity index (χ0v) is 21.3. The molecule has 0 heterocycles. The molecular formula is C15H36B12O2S. The van der Waals surface area contributed by atoms with E-state index in [0.717, 1.165) is 44.4 Å². The van der Waals surface area contributed by atoms with Crippen LogP contribution >= 0.6 is 0 Å². The standard InChI is InChI=1S/C15H35B12O2S/c1-30(23-26(21)22-16,27(24(17)18)25(19)20)13-7-5-3-2-4-6-12-29-15-10-8-14(28)9-11-15/h8-11,16,22H,2-7,12-13,17-21H2,1H3/q-1/p+1/i16-1,17-1,18-1,19-1,20-1,21-1,22-1,23-1,24-1,25-1,26-1,27-1. The second-order valence-electron chi connectivity index (χ2n) is 9.75. The fraction of sp³-hybridized carbons (Fsp3) is 0.600. The number of phenols is 1. The van der Waals surface area contributed by atoms with Gasteiger partial charge in [0.05, 0.1) is 0 Å². The van der Waals surface area contributed by atoms with E-state index in [2.05, 4.69) is 58.7 Å². The minimum absolute atomic E-state index is 0.284. The third-order valence-corrected chi connectivity index (χ3v) is 10.6. The Kier molecular flexibility index (Phi) is 13.9. The molecule has 2 radical (unpaired) electrons. The normalized spacial score (nSPS) is 12.3. The predicted octanol–water partition coefficient (Wildman–Crippen LogP) is -3.96. The van der Waals surface area contributed by atoms with Crippen molar-refractivity contribution >= 4 is 93.8 Å². The van der Waals surface area contributed by atoms with Crippen LogP contribution in [0.4, 0.5) is 0 Å². The molecule has 0 spiro atoms. The molecule has 1 rings (SSSR count). The van der Waals surface area contributed by atoms with Crippen LogP contribution in [0.3, 0.4) is 0 Å². The van der Waals surface area contributed by atoms with Gasteiger partial charge in [0.15, 0.2) is 0 Å². The molecule has 1 N–H and O–H groups in total. The zero-order valence-electron chi connectivity index (χ0n) is 20.5. The molecule has 1 atom stereocenters. The summed E-state index contributed by atoms with van der Waals surface area (Å²) in [6, 6.07) is 9.70. The first-order valence-electron chi connectivity index (χ1n) is 12.0. The van der Waals surface area contributed by atoms with Crippen LogP contribution in [0, 0.1) is 0 Å². The summed E-state index contributed by atoms with van der Waals surface area (Å²) in [5, 5.41) is 9.30. The molecule has 30 heavy (non-hydrogen) atoms. The van der Waals surface area contributed by atoms with Crippen molar-refractivity contribution in [3.05, 3.63) is 24.3 Å². The molecule has 0 aliphatic heterocycles. The van der Waals surface area contributed by atoms with Crippen LogP contribution in [0.2, 0.25) is 0 Å². The molecule has 0 amide bonds. The van der Waals surface area contributed by atoms with Crippen LogP contribution in [-0.4, -0.2) is 108 Å². The van der Waals surface area contributed by atoms with Gasteiger partial charge in [-0.05, 0) is 12.1 Å². The van der Waals surface area contributed by atoms with Gasteiger partial charge in [-0.25, -0.2) is 0 Å².